The fraction of sp³-hybridized carbons (Fsp3) is 0.400. The van der Waals surface area contributed by atoms with Gasteiger partial charge in [0.05, 0.1) is 5.69 Å². The molecule has 1 aliphatic rings. The number of para-hydroxylation sites is 1. The van der Waals surface area contributed by atoms with Crippen LogP contribution >= 0.6 is 0 Å². The van der Waals surface area contributed by atoms with Gasteiger partial charge in [-0.05, 0) is 56.1 Å². The molecule has 0 unspecified atom stereocenters. The Morgan fingerprint density at radius 3 is 2.54 bits per heavy atom. The summed E-state index contributed by atoms with van der Waals surface area (Å²) in [6.45, 7) is 4.12. The largest absolute Gasteiger partial charge is 0.396 e. The number of nitrogens with two attached hydrogens (primary N) is 1. The lowest BCUT2D eigenvalue weighted by Crippen LogP contribution is -2.42. The van der Waals surface area contributed by atoms with Crippen LogP contribution in [0.4, 0.5) is 10.1 Å². The van der Waals surface area contributed by atoms with Crippen LogP contribution in [0, 0.1) is 5.82 Å². The molecule has 2 aromatic rings. The average Bonchev–Trinajstić information content (AvgIpc) is 2.61. The van der Waals surface area contributed by atoms with Crippen LogP contribution in [0.3, 0.4) is 0 Å². The van der Waals surface area contributed by atoms with E-state index in [-0.39, 0.29) is 11.5 Å². The molecule has 1 heterocycles. The van der Waals surface area contributed by atoms with E-state index in [0.29, 0.717) is 6.04 Å². The van der Waals surface area contributed by atoms with Crippen LogP contribution in [0.15, 0.2) is 48.5 Å². The highest BCUT2D eigenvalue weighted by Gasteiger charge is 2.18. The molecule has 0 atom stereocenters. The zero-order valence-corrected chi connectivity index (χ0v) is 14.0. The molecule has 3 N–H and O–H groups in total. The number of hydrogen-bond donors (Lipinski definition) is 2. The Morgan fingerprint density at radius 1 is 1.04 bits per heavy atom. The lowest BCUT2D eigenvalue weighted by Gasteiger charge is -2.32. The molecule has 0 spiro atoms. The second-order valence-electron chi connectivity index (χ2n) is 6.55. The minimum absolute atomic E-state index is 0.289. The van der Waals surface area contributed by atoms with Gasteiger partial charge in [-0.15, -0.1) is 0 Å². The van der Waals surface area contributed by atoms with Gasteiger partial charge >= 0.3 is 0 Å². The maximum atomic E-state index is 13.4. The van der Waals surface area contributed by atoms with E-state index in [9.17, 15) is 4.39 Å². The van der Waals surface area contributed by atoms with E-state index < -0.39 is 0 Å². The fourth-order valence-corrected chi connectivity index (χ4v) is 3.35. The molecule has 2 aromatic carbocycles. The van der Waals surface area contributed by atoms with E-state index in [1.807, 2.05) is 6.07 Å². The molecule has 0 bridgehead atoms. The molecule has 0 radical (unpaired) electrons. The molecule has 0 saturated carbocycles. The van der Waals surface area contributed by atoms with Gasteiger partial charge in [0.25, 0.3) is 0 Å². The second kappa shape index (κ2) is 8.27. The van der Waals surface area contributed by atoms with E-state index >= 15 is 0 Å². The van der Waals surface area contributed by atoms with Crippen molar-refractivity contribution in [2.45, 2.75) is 31.8 Å². The third-order valence-electron chi connectivity index (χ3n) is 4.81. The number of nitrogens with one attached hydrogen (secondary N) is 1. The smallest absolute Gasteiger partial charge is 0.146 e. The molecule has 0 amide bonds. The minimum atomic E-state index is -0.318. The Kier molecular flexibility index (Phi) is 5.83. The van der Waals surface area contributed by atoms with Gasteiger partial charge in [-0.2, -0.15) is 0 Å². The van der Waals surface area contributed by atoms with Crippen LogP contribution in [-0.4, -0.2) is 30.6 Å². The normalized spacial score (nSPS) is 16.4. The predicted molar refractivity (Wildman–Crippen MR) is 97.3 cm³/mol. The lowest BCUT2D eigenvalue weighted by molar-refractivity contribution is 0.191. The average molecular weight is 327 g/mol. The van der Waals surface area contributed by atoms with Crippen LogP contribution in [0.1, 0.15) is 24.0 Å². The molecule has 0 aliphatic carbocycles. The van der Waals surface area contributed by atoms with E-state index in [1.54, 1.807) is 6.07 Å². The Hall–Kier alpha value is -1.91. The number of benzene rings is 2. The number of anilines is 1. The summed E-state index contributed by atoms with van der Waals surface area (Å²) >= 11 is 0. The van der Waals surface area contributed by atoms with Crippen molar-refractivity contribution in [3.8, 4) is 0 Å². The quantitative estimate of drug-likeness (QED) is 0.801. The third-order valence-corrected chi connectivity index (χ3v) is 4.81. The van der Waals surface area contributed by atoms with Gasteiger partial charge in [0.15, 0.2) is 0 Å². The van der Waals surface area contributed by atoms with E-state index in [0.717, 1.165) is 51.0 Å². The molecule has 128 valence electrons. The Bertz CT molecular complexity index is 637. The van der Waals surface area contributed by atoms with Gasteiger partial charge in [0.1, 0.15) is 5.82 Å². The van der Waals surface area contributed by atoms with Crippen molar-refractivity contribution in [3.05, 3.63) is 65.5 Å². The van der Waals surface area contributed by atoms with Gasteiger partial charge < -0.3 is 11.1 Å². The first-order valence-corrected chi connectivity index (χ1v) is 8.75. The number of hydrogen-bond acceptors (Lipinski definition) is 3. The van der Waals surface area contributed by atoms with Crippen LogP contribution < -0.4 is 11.1 Å². The third kappa shape index (κ3) is 4.56. The Balaban J connectivity index is 1.39. The molecule has 0 aromatic heterocycles. The zero-order chi connectivity index (χ0) is 16.8. The van der Waals surface area contributed by atoms with E-state index in [4.69, 9.17) is 5.73 Å². The number of nitrogens with zero attached hydrogens (tertiary/aromatic N) is 1. The van der Waals surface area contributed by atoms with Crippen LogP contribution in [0.5, 0.6) is 0 Å². The summed E-state index contributed by atoms with van der Waals surface area (Å²) < 4.78 is 13.4. The summed E-state index contributed by atoms with van der Waals surface area (Å²) in [4.78, 5) is 2.51. The highest BCUT2D eigenvalue weighted by atomic mass is 19.1. The monoisotopic (exact) mass is 327 g/mol. The van der Waals surface area contributed by atoms with Crippen LogP contribution in [-0.2, 0) is 13.0 Å². The number of halogens is 1. The summed E-state index contributed by atoms with van der Waals surface area (Å²) in [6.07, 6.45) is 3.09. The number of nitrogen functional groups attached to an aromatic ring is 1. The molecule has 1 aliphatic heterocycles. The summed E-state index contributed by atoms with van der Waals surface area (Å²) in [5, 5.41) is 3.60. The summed E-state index contributed by atoms with van der Waals surface area (Å²) in [5.74, 6) is -0.318. The Morgan fingerprint density at radius 2 is 1.79 bits per heavy atom. The summed E-state index contributed by atoms with van der Waals surface area (Å²) in [5.41, 5.74) is 8.35. The first kappa shape index (κ1) is 16.9. The van der Waals surface area contributed by atoms with E-state index in [1.165, 1.54) is 11.6 Å². The minimum Gasteiger partial charge on any atom is -0.396 e. The van der Waals surface area contributed by atoms with Crippen molar-refractivity contribution in [1.29, 1.82) is 0 Å². The van der Waals surface area contributed by atoms with Crippen molar-refractivity contribution in [1.82, 2.24) is 10.2 Å². The molecule has 1 fully saturated rings. The highest BCUT2D eigenvalue weighted by Crippen LogP contribution is 2.17. The van der Waals surface area contributed by atoms with Gasteiger partial charge in [-0.1, -0.05) is 42.5 Å². The first-order chi connectivity index (χ1) is 11.7. The highest BCUT2D eigenvalue weighted by molar-refractivity contribution is 5.47. The summed E-state index contributed by atoms with van der Waals surface area (Å²) in [7, 11) is 0. The maximum absolute atomic E-state index is 13.4. The van der Waals surface area contributed by atoms with Gasteiger partial charge in [-0.3, -0.25) is 4.90 Å². The topological polar surface area (TPSA) is 41.3 Å². The molecule has 1 saturated heterocycles. The van der Waals surface area contributed by atoms with Gasteiger partial charge in [-0.25, -0.2) is 4.39 Å². The zero-order valence-electron chi connectivity index (χ0n) is 14.0. The molecular formula is C20H26FN3. The molecule has 24 heavy (non-hydrogen) atoms. The maximum Gasteiger partial charge on any atom is 0.146 e. The standard InChI is InChI=1S/C20H26FN3/c21-19-8-4-7-17(20(19)22)9-12-23-18-10-13-24(14-11-18)15-16-5-2-1-3-6-16/h1-8,18,23H,9-15,22H2. The van der Waals surface area contributed by atoms with Crippen molar-refractivity contribution in [2.24, 2.45) is 0 Å². The molecule has 3 nitrogen and oxygen atoms in total. The lowest BCUT2D eigenvalue weighted by atomic mass is 10.0. The molecular weight excluding hydrogens is 301 g/mol. The number of rotatable bonds is 6. The molecule has 3 rings (SSSR count). The SMILES string of the molecule is Nc1c(F)cccc1CCNC1CCN(Cc2ccccc2)CC1. The van der Waals surface area contributed by atoms with E-state index in [2.05, 4.69) is 40.5 Å². The van der Waals surface area contributed by atoms with Gasteiger partial charge in [0.2, 0.25) is 0 Å². The van der Waals surface area contributed by atoms with Crippen LogP contribution in [0.25, 0.3) is 0 Å². The Labute approximate surface area is 143 Å². The van der Waals surface area contributed by atoms with Crippen molar-refractivity contribution in [2.75, 3.05) is 25.4 Å². The van der Waals surface area contributed by atoms with Crippen molar-refractivity contribution in [3.63, 3.8) is 0 Å². The number of likely N-dealkylation sites (tertiary alicyclic amines) is 1. The van der Waals surface area contributed by atoms with Gasteiger partial charge in [0, 0.05) is 12.6 Å². The van der Waals surface area contributed by atoms with Crippen LogP contribution in [0.2, 0.25) is 0 Å². The second-order valence-corrected chi connectivity index (χ2v) is 6.55. The van der Waals surface area contributed by atoms with Crippen molar-refractivity contribution >= 4 is 5.69 Å². The van der Waals surface area contributed by atoms with Crippen molar-refractivity contribution < 1.29 is 4.39 Å². The first-order valence-electron chi connectivity index (χ1n) is 8.75. The fourth-order valence-electron chi connectivity index (χ4n) is 3.35. The summed E-state index contributed by atoms with van der Waals surface area (Å²) in [6, 6.07) is 16.2. The molecule has 4 heteroatoms. The predicted octanol–water partition coefficient (Wildman–Crippen LogP) is 3.20. The number of piperidine rings is 1.